The maximum Gasteiger partial charge on any atom is 0.251 e. The van der Waals surface area contributed by atoms with E-state index in [2.05, 4.69) is 5.32 Å². The normalized spacial score (nSPS) is 10.0. The van der Waals surface area contributed by atoms with Crippen LogP contribution in [0.2, 0.25) is 0 Å². The fourth-order valence-corrected chi connectivity index (χ4v) is 1.88. The van der Waals surface area contributed by atoms with E-state index in [1.807, 2.05) is 0 Å². The maximum atomic E-state index is 12.2. The summed E-state index contributed by atoms with van der Waals surface area (Å²) < 4.78 is 10.3. The van der Waals surface area contributed by atoms with Gasteiger partial charge in [0.15, 0.2) is 0 Å². The summed E-state index contributed by atoms with van der Waals surface area (Å²) >= 11 is 0. The zero-order valence-corrected chi connectivity index (χ0v) is 11.9. The number of phenolic OH excluding ortho intramolecular Hbond substituents is 1. The number of rotatable bonds is 5. The van der Waals surface area contributed by atoms with Crippen LogP contribution in [-0.4, -0.2) is 25.2 Å². The number of hydrogen-bond donors (Lipinski definition) is 2. The standard InChI is InChI=1S/C16H17NO4/c1-20-13-7-12(8-14(9-13)21-2)16(19)17-10-11-5-3-4-6-15(11)18/h3-9,18H,10H2,1-2H3,(H,17,19). The number of hydrogen-bond acceptors (Lipinski definition) is 4. The average molecular weight is 287 g/mol. The highest BCUT2D eigenvalue weighted by Crippen LogP contribution is 2.22. The topological polar surface area (TPSA) is 67.8 Å². The molecule has 110 valence electrons. The molecule has 0 spiro atoms. The molecule has 2 aromatic rings. The minimum absolute atomic E-state index is 0.154. The summed E-state index contributed by atoms with van der Waals surface area (Å²) in [6.07, 6.45) is 0. The van der Waals surface area contributed by atoms with Gasteiger partial charge in [0, 0.05) is 23.7 Å². The lowest BCUT2D eigenvalue weighted by Crippen LogP contribution is -2.22. The summed E-state index contributed by atoms with van der Waals surface area (Å²) in [5.41, 5.74) is 1.09. The first-order valence-electron chi connectivity index (χ1n) is 6.42. The van der Waals surface area contributed by atoms with Gasteiger partial charge in [-0.2, -0.15) is 0 Å². The summed E-state index contributed by atoms with van der Waals surface area (Å²) in [6, 6.07) is 11.8. The van der Waals surface area contributed by atoms with Crippen molar-refractivity contribution < 1.29 is 19.4 Å². The minimum Gasteiger partial charge on any atom is -0.508 e. The van der Waals surface area contributed by atoms with Crippen molar-refractivity contribution in [3.05, 3.63) is 53.6 Å². The molecule has 0 bridgehead atoms. The number of carbonyl (C=O) groups excluding carboxylic acids is 1. The van der Waals surface area contributed by atoms with E-state index in [4.69, 9.17) is 9.47 Å². The highest BCUT2D eigenvalue weighted by atomic mass is 16.5. The Morgan fingerprint density at radius 2 is 1.71 bits per heavy atom. The Morgan fingerprint density at radius 1 is 1.10 bits per heavy atom. The van der Waals surface area contributed by atoms with Crippen LogP contribution in [0.1, 0.15) is 15.9 Å². The lowest BCUT2D eigenvalue weighted by molar-refractivity contribution is 0.0950. The van der Waals surface area contributed by atoms with Gasteiger partial charge in [-0.25, -0.2) is 0 Å². The number of carbonyl (C=O) groups is 1. The zero-order chi connectivity index (χ0) is 15.2. The van der Waals surface area contributed by atoms with Crippen LogP contribution in [0.25, 0.3) is 0 Å². The third-order valence-electron chi connectivity index (χ3n) is 3.04. The van der Waals surface area contributed by atoms with Gasteiger partial charge in [-0.15, -0.1) is 0 Å². The van der Waals surface area contributed by atoms with E-state index in [0.717, 1.165) is 0 Å². The first-order chi connectivity index (χ1) is 10.1. The van der Waals surface area contributed by atoms with Crippen LogP contribution >= 0.6 is 0 Å². The smallest absolute Gasteiger partial charge is 0.251 e. The molecular weight excluding hydrogens is 270 g/mol. The molecule has 0 aromatic heterocycles. The molecule has 0 saturated carbocycles. The van der Waals surface area contributed by atoms with E-state index in [1.165, 1.54) is 14.2 Å². The van der Waals surface area contributed by atoms with Gasteiger partial charge >= 0.3 is 0 Å². The summed E-state index contributed by atoms with van der Waals surface area (Å²) in [7, 11) is 3.05. The number of aromatic hydroxyl groups is 1. The third kappa shape index (κ3) is 3.66. The Morgan fingerprint density at radius 3 is 2.29 bits per heavy atom. The lowest BCUT2D eigenvalue weighted by atomic mass is 10.1. The number of amides is 1. The Bertz CT molecular complexity index is 618. The summed E-state index contributed by atoms with van der Waals surface area (Å²) in [6.45, 7) is 0.241. The van der Waals surface area contributed by atoms with Crippen LogP contribution in [-0.2, 0) is 6.54 Å². The number of phenols is 1. The molecule has 0 fully saturated rings. The molecule has 0 aliphatic carbocycles. The van der Waals surface area contributed by atoms with Crippen LogP contribution in [0.5, 0.6) is 17.2 Å². The Hall–Kier alpha value is -2.69. The molecule has 5 heteroatoms. The minimum atomic E-state index is -0.268. The van der Waals surface area contributed by atoms with Crippen LogP contribution in [0.15, 0.2) is 42.5 Å². The van der Waals surface area contributed by atoms with Crippen molar-refractivity contribution in [2.45, 2.75) is 6.54 Å². The van der Waals surface area contributed by atoms with Crippen LogP contribution < -0.4 is 14.8 Å². The zero-order valence-electron chi connectivity index (χ0n) is 11.9. The SMILES string of the molecule is COc1cc(OC)cc(C(=O)NCc2ccccc2O)c1. The van der Waals surface area contributed by atoms with E-state index >= 15 is 0 Å². The predicted molar refractivity (Wildman–Crippen MR) is 78.8 cm³/mol. The van der Waals surface area contributed by atoms with Gasteiger partial charge in [0.1, 0.15) is 17.2 Å². The van der Waals surface area contributed by atoms with Gasteiger partial charge in [-0.3, -0.25) is 4.79 Å². The number of methoxy groups -OCH3 is 2. The molecule has 21 heavy (non-hydrogen) atoms. The summed E-state index contributed by atoms with van der Waals surface area (Å²) in [4.78, 5) is 12.2. The average Bonchev–Trinajstić information content (AvgIpc) is 2.53. The maximum absolute atomic E-state index is 12.2. The second-order valence-corrected chi connectivity index (χ2v) is 4.41. The van der Waals surface area contributed by atoms with Crippen molar-refractivity contribution in [2.24, 2.45) is 0 Å². The Kier molecular flexibility index (Phi) is 4.66. The molecular formula is C16H17NO4. The number of nitrogens with one attached hydrogen (secondary N) is 1. The molecule has 0 radical (unpaired) electrons. The van der Waals surface area contributed by atoms with Crippen molar-refractivity contribution in [1.29, 1.82) is 0 Å². The predicted octanol–water partition coefficient (Wildman–Crippen LogP) is 2.34. The van der Waals surface area contributed by atoms with Crippen LogP contribution in [0, 0.1) is 0 Å². The first-order valence-corrected chi connectivity index (χ1v) is 6.42. The molecule has 0 aliphatic rings. The van der Waals surface area contributed by atoms with Gasteiger partial charge in [0.05, 0.1) is 14.2 Å². The third-order valence-corrected chi connectivity index (χ3v) is 3.04. The molecule has 5 nitrogen and oxygen atoms in total. The number of ether oxygens (including phenoxy) is 2. The van der Waals surface area contributed by atoms with Crippen molar-refractivity contribution >= 4 is 5.91 Å². The number of para-hydroxylation sites is 1. The van der Waals surface area contributed by atoms with Crippen molar-refractivity contribution in [1.82, 2.24) is 5.32 Å². The molecule has 0 unspecified atom stereocenters. The molecule has 0 heterocycles. The van der Waals surface area contributed by atoms with E-state index in [1.54, 1.807) is 42.5 Å². The molecule has 1 amide bonds. The van der Waals surface area contributed by atoms with Gasteiger partial charge in [-0.05, 0) is 18.2 Å². The van der Waals surface area contributed by atoms with E-state index in [9.17, 15) is 9.90 Å². The van der Waals surface area contributed by atoms with Gasteiger partial charge in [-0.1, -0.05) is 18.2 Å². The van der Waals surface area contributed by atoms with Crippen molar-refractivity contribution in [3.63, 3.8) is 0 Å². The van der Waals surface area contributed by atoms with Gasteiger partial charge in [0.25, 0.3) is 5.91 Å². The summed E-state index contributed by atoms with van der Waals surface area (Å²) in [5.74, 6) is 0.973. The Labute approximate surface area is 123 Å². The molecule has 0 saturated heterocycles. The molecule has 2 aromatic carbocycles. The summed E-state index contributed by atoms with van der Waals surface area (Å²) in [5, 5.41) is 12.4. The second-order valence-electron chi connectivity index (χ2n) is 4.41. The fraction of sp³-hybridized carbons (Fsp3) is 0.188. The first kappa shape index (κ1) is 14.7. The van der Waals surface area contributed by atoms with Crippen LogP contribution in [0.4, 0.5) is 0 Å². The van der Waals surface area contributed by atoms with Gasteiger partial charge in [0.2, 0.25) is 0 Å². The lowest BCUT2D eigenvalue weighted by Gasteiger charge is -2.10. The van der Waals surface area contributed by atoms with Crippen molar-refractivity contribution in [2.75, 3.05) is 14.2 Å². The molecule has 0 aliphatic heterocycles. The van der Waals surface area contributed by atoms with E-state index in [0.29, 0.717) is 22.6 Å². The highest BCUT2D eigenvalue weighted by Gasteiger charge is 2.10. The van der Waals surface area contributed by atoms with E-state index in [-0.39, 0.29) is 18.2 Å². The van der Waals surface area contributed by atoms with E-state index < -0.39 is 0 Å². The van der Waals surface area contributed by atoms with Crippen molar-refractivity contribution in [3.8, 4) is 17.2 Å². The number of benzene rings is 2. The molecule has 2 N–H and O–H groups in total. The quantitative estimate of drug-likeness (QED) is 0.885. The second kappa shape index (κ2) is 6.65. The largest absolute Gasteiger partial charge is 0.508 e. The monoisotopic (exact) mass is 287 g/mol. The molecule has 0 atom stereocenters. The highest BCUT2D eigenvalue weighted by molar-refractivity contribution is 5.95. The molecule has 2 rings (SSSR count). The Balaban J connectivity index is 2.11. The van der Waals surface area contributed by atoms with Gasteiger partial charge < -0.3 is 19.9 Å². The van der Waals surface area contributed by atoms with Crippen LogP contribution in [0.3, 0.4) is 0 Å². The fourth-order valence-electron chi connectivity index (χ4n) is 1.88.